The third-order valence-corrected chi connectivity index (χ3v) is 6.27. The van der Waals surface area contributed by atoms with Gasteiger partial charge in [0.05, 0.1) is 17.2 Å². The highest BCUT2D eigenvalue weighted by molar-refractivity contribution is 6.30. The van der Waals surface area contributed by atoms with Gasteiger partial charge in [-0.15, -0.1) is 11.6 Å². The van der Waals surface area contributed by atoms with E-state index >= 15 is 0 Å². The molecule has 0 N–H and O–H groups in total. The smallest absolute Gasteiger partial charge is 0.0740 e. The van der Waals surface area contributed by atoms with Crippen molar-refractivity contribution in [2.45, 2.75) is 25.8 Å². The van der Waals surface area contributed by atoms with Gasteiger partial charge in [-0.2, -0.15) is 0 Å². The minimum absolute atomic E-state index is 0.572. The zero-order chi connectivity index (χ0) is 19.5. The summed E-state index contributed by atoms with van der Waals surface area (Å²) in [6.07, 6.45) is 2.26. The fourth-order valence-electron chi connectivity index (χ4n) is 4.10. The number of rotatable bonds is 5. The van der Waals surface area contributed by atoms with Crippen molar-refractivity contribution >= 4 is 39.8 Å². The van der Waals surface area contributed by atoms with Gasteiger partial charge in [-0.1, -0.05) is 48.9 Å². The Morgan fingerprint density at radius 2 is 1.79 bits per heavy atom. The number of benzene rings is 2. The summed E-state index contributed by atoms with van der Waals surface area (Å²) in [5.41, 5.74) is 4.37. The molecule has 0 unspecified atom stereocenters. The second-order valence-corrected chi connectivity index (χ2v) is 7.97. The number of piperidine rings is 1. The summed E-state index contributed by atoms with van der Waals surface area (Å²) in [4.78, 5) is 9.77. The van der Waals surface area contributed by atoms with Gasteiger partial charge in [-0.3, -0.25) is 4.90 Å². The maximum absolute atomic E-state index is 6.13. The highest BCUT2D eigenvalue weighted by Crippen LogP contribution is 2.33. The summed E-state index contributed by atoms with van der Waals surface area (Å²) in [6, 6.07) is 19.7. The van der Waals surface area contributed by atoms with Gasteiger partial charge >= 0.3 is 0 Å². The molecule has 1 saturated heterocycles. The predicted molar refractivity (Wildman–Crippen MR) is 121 cm³/mol. The Morgan fingerprint density at radius 1 is 1.07 bits per heavy atom. The average Bonchev–Trinajstić information content (AvgIpc) is 2.75. The summed E-state index contributed by atoms with van der Waals surface area (Å²) < 4.78 is 0. The summed E-state index contributed by atoms with van der Waals surface area (Å²) in [5, 5.41) is 1.95. The van der Waals surface area contributed by atoms with Crippen LogP contribution in [0.1, 0.15) is 19.8 Å². The van der Waals surface area contributed by atoms with Crippen molar-refractivity contribution in [3.63, 3.8) is 0 Å². The van der Waals surface area contributed by atoms with E-state index in [1.807, 2.05) is 24.3 Å². The monoisotopic (exact) mass is 413 g/mol. The van der Waals surface area contributed by atoms with E-state index in [4.69, 9.17) is 28.2 Å². The van der Waals surface area contributed by atoms with Crippen LogP contribution in [0, 0.1) is 0 Å². The van der Waals surface area contributed by atoms with Crippen molar-refractivity contribution in [2.75, 3.05) is 30.5 Å². The van der Waals surface area contributed by atoms with Crippen molar-refractivity contribution in [1.29, 1.82) is 0 Å². The van der Waals surface area contributed by atoms with E-state index in [1.54, 1.807) is 0 Å². The number of alkyl halides is 1. The Kier molecular flexibility index (Phi) is 6.05. The van der Waals surface area contributed by atoms with Crippen LogP contribution in [0.5, 0.6) is 0 Å². The normalized spacial score (nSPS) is 15.5. The molecule has 5 heteroatoms. The lowest BCUT2D eigenvalue weighted by Gasteiger charge is -2.38. The van der Waals surface area contributed by atoms with E-state index in [9.17, 15) is 0 Å². The van der Waals surface area contributed by atoms with Gasteiger partial charge in [0.2, 0.25) is 0 Å². The van der Waals surface area contributed by atoms with Gasteiger partial charge in [0.15, 0.2) is 0 Å². The molecule has 2 aromatic carbocycles. The van der Waals surface area contributed by atoms with E-state index in [2.05, 4.69) is 47.1 Å². The fourth-order valence-corrected chi connectivity index (χ4v) is 4.59. The zero-order valence-corrected chi connectivity index (χ0v) is 17.6. The molecule has 3 nitrogen and oxygen atoms in total. The van der Waals surface area contributed by atoms with Crippen LogP contribution >= 0.6 is 23.2 Å². The van der Waals surface area contributed by atoms with Crippen molar-refractivity contribution in [3.8, 4) is 11.3 Å². The minimum Gasteiger partial charge on any atom is -0.371 e. The molecular weight excluding hydrogens is 389 g/mol. The summed E-state index contributed by atoms with van der Waals surface area (Å²) >= 11 is 12.2. The van der Waals surface area contributed by atoms with Gasteiger partial charge in [0, 0.05) is 40.8 Å². The molecule has 1 aromatic heterocycles. The number of pyridine rings is 1. The quantitative estimate of drug-likeness (QED) is 0.375. The van der Waals surface area contributed by atoms with E-state index in [1.165, 1.54) is 11.1 Å². The molecule has 0 aliphatic carbocycles. The molecule has 0 atom stereocenters. The standard InChI is InChI=1S/C23H25Cl2N3/c1-2-27(16-24)19-11-13-28(14-12-19)23-15-22(17-7-9-18(25)10-8-17)26-21-6-4-3-5-20(21)23/h3-10,15,19H,2,11-14,16H2,1H3. The van der Waals surface area contributed by atoms with Crippen LogP contribution in [0.2, 0.25) is 5.02 Å². The van der Waals surface area contributed by atoms with Gasteiger partial charge in [0.25, 0.3) is 0 Å². The highest BCUT2D eigenvalue weighted by Gasteiger charge is 2.24. The zero-order valence-electron chi connectivity index (χ0n) is 16.1. The molecule has 0 amide bonds. The molecular formula is C23H25Cl2N3. The van der Waals surface area contributed by atoms with Gasteiger partial charge in [0.1, 0.15) is 0 Å². The fraction of sp³-hybridized carbons (Fsp3) is 0.348. The van der Waals surface area contributed by atoms with Gasteiger partial charge in [-0.25, -0.2) is 4.98 Å². The van der Waals surface area contributed by atoms with E-state index in [0.29, 0.717) is 12.0 Å². The molecule has 1 aliphatic heterocycles. The maximum Gasteiger partial charge on any atom is 0.0740 e. The van der Waals surface area contributed by atoms with E-state index < -0.39 is 0 Å². The van der Waals surface area contributed by atoms with E-state index in [-0.39, 0.29) is 0 Å². The minimum atomic E-state index is 0.572. The average molecular weight is 414 g/mol. The molecule has 0 bridgehead atoms. The second-order valence-electron chi connectivity index (χ2n) is 7.29. The molecule has 0 saturated carbocycles. The lowest BCUT2D eigenvalue weighted by atomic mass is 10.0. The first-order chi connectivity index (χ1) is 13.7. The van der Waals surface area contributed by atoms with Gasteiger partial charge in [-0.05, 0) is 43.7 Å². The Bertz CT molecular complexity index is 930. The number of hydrogen-bond donors (Lipinski definition) is 0. The van der Waals surface area contributed by atoms with Crippen LogP contribution in [0.15, 0.2) is 54.6 Å². The largest absolute Gasteiger partial charge is 0.371 e. The first kappa shape index (κ1) is 19.5. The SMILES string of the molecule is CCN(CCl)C1CCN(c2cc(-c3ccc(Cl)cc3)nc3ccccc23)CC1. The highest BCUT2D eigenvalue weighted by atomic mass is 35.5. The van der Waals surface area contributed by atoms with Crippen molar-refractivity contribution < 1.29 is 0 Å². The van der Waals surface area contributed by atoms with Crippen LogP contribution < -0.4 is 4.90 Å². The number of nitrogens with zero attached hydrogens (tertiary/aromatic N) is 3. The molecule has 146 valence electrons. The third-order valence-electron chi connectivity index (χ3n) is 5.72. The number of aromatic nitrogens is 1. The number of anilines is 1. The summed E-state index contributed by atoms with van der Waals surface area (Å²) in [7, 11) is 0. The van der Waals surface area contributed by atoms with Crippen LogP contribution in [0.4, 0.5) is 5.69 Å². The first-order valence-electron chi connectivity index (χ1n) is 9.90. The molecule has 2 heterocycles. The number of fused-ring (bicyclic) bond motifs is 1. The first-order valence-corrected chi connectivity index (χ1v) is 10.8. The third kappa shape index (κ3) is 3.98. The van der Waals surface area contributed by atoms with Crippen molar-refractivity contribution in [1.82, 2.24) is 9.88 Å². The molecule has 4 rings (SSSR count). The van der Waals surface area contributed by atoms with Crippen molar-refractivity contribution in [2.24, 2.45) is 0 Å². The second kappa shape index (κ2) is 8.69. The topological polar surface area (TPSA) is 19.4 Å². The lowest BCUT2D eigenvalue weighted by Crippen LogP contribution is -2.44. The van der Waals surface area contributed by atoms with Crippen LogP contribution in [0.3, 0.4) is 0 Å². The van der Waals surface area contributed by atoms with Gasteiger partial charge < -0.3 is 4.90 Å². The molecule has 0 spiro atoms. The maximum atomic E-state index is 6.13. The number of halogens is 2. The Labute approximate surface area is 176 Å². The van der Waals surface area contributed by atoms with Crippen molar-refractivity contribution in [3.05, 3.63) is 59.6 Å². The predicted octanol–water partition coefficient (Wildman–Crippen LogP) is 6.04. The molecule has 3 aromatic rings. The Balaban J connectivity index is 1.67. The Morgan fingerprint density at radius 3 is 2.46 bits per heavy atom. The van der Waals surface area contributed by atoms with Crippen LogP contribution in [-0.4, -0.2) is 41.6 Å². The number of hydrogen-bond acceptors (Lipinski definition) is 3. The molecule has 1 fully saturated rings. The van der Waals surface area contributed by atoms with Crippen LogP contribution in [0.25, 0.3) is 22.2 Å². The summed E-state index contributed by atoms with van der Waals surface area (Å²) in [5.74, 6) is 0. The molecule has 0 radical (unpaired) electrons. The summed E-state index contributed by atoms with van der Waals surface area (Å²) in [6.45, 7) is 5.26. The number of para-hydroxylation sites is 1. The molecule has 1 aliphatic rings. The Hall–Kier alpha value is -1.81. The lowest BCUT2D eigenvalue weighted by molar-refractivity contribution is 0.206. The van der Waals surface area contributed by atoms with Crippen LogP contribution in [-0.2, 0) is 0 Å². The van der Waals surface area contributed by atoms with E-state index in [0.717, 1.165) is 54.3 Å². The molecule has 28 heavy (non-hydrogen) atoms.